The number of rotatable bonds is 3. The first-order valence-electron chi connectivity index (χ1n) is 6.67. The maximum absolute atomic E-state index is 12.0. The number of hydrogen-bond acceptors (Lipinski definition) is 2. The van der Waals surface area contributed by atoms with Crippen LogP contribution in [0.4, 0.5) is 0 Å². The first kappa shape index (κ1) is 14.7. The molecule has 0 unspecified atom stereocenters. The Kier molecular flexibility index (Phi) is 5.00. The molecular weight excluding hydrogens is 262 g/mol. The van der Waals surface area contributed by atoms with Gasteiger partial charge in [0.2, 0.25) is 0 Å². The molecule has 0 radical (unpaired) electrons. The Balaban J connectivity index is 1.91. The van der Waals surface area contributed by atoms with Gasteiger partial charge in [-0.3, -0.25) is 4.79 Å². The van der Waals surface area contributed by atoms with E-state index in [1.165, 1.54) is 0 Å². The molecule has 0 aliphatic heterocycles. The third kappa shape index (κ3) is 4.12. The van der Waals surface area contributed by atoms with Crippen LogP contribution in [0.1, 0.15) is 21.5 Å². The Morgan fingerprint density at radius 1 is 1.14 bits per heavy atom. The predicted molar refractivity (Wildman–Crippen MR) is 83.4 cm³/mol. The topological polar surface area (TPSA) is 38.3 Å². The van der Waals surface area contributed by atoms with Crippen LogP contribution in [0.3, 0.4) is 0 Å². The Labute approximate surface area is 125 Å². The van der Waals surface area contributed by atoms with E-state index in [0.717, 1.165) is 16.9 Å². The van der Waals surface area contributed by atoms with Crippen molar-refractivity contribution in [2.45, 2.75) is 6.92 Å². The molecule has 0 fully saturated rings. The third-order valence-corrected chi connectivity index (χ3v) is 3.05. The van der Waals surface area contributed by atoms with Crippen molar-refractivity contribution in [3.8, 4) is 17.6 Å². The van der Waals surface area contributed by atoms with Gasteiger partial charge in [0.25, 0.3) is 5.91 Å². The summed E-state index contributed by atoms with van der Waals surface area (Å²) >= 11 is 0. The maximum atomic E-state index is 12.0. The predicted octanol–water partition coefficient (Wildman–Crippen LogP) is 2.79. The van der Waals surface area contributed by atoms with Gasteiger partial charge in [0.05, 0.1) is 13.7 Å². The van der Waals surface area contributed by atoms with E-state index in [4.69, 9.17) is 4.74 Å². The first-order valence-corrected chi connectivity index (χ1v) is 6.67. The van der Waals surface area contributed by atoms with Crippen LogP contribution in [-0.2, 0) is 0 Å². The van der Waals surface area contributed by atoms with Crippen LogP contribution in [0.2, 0.25) is 0 Å². The average Bonchev–Trinajstić information content (AvgIpc) is 2.52. The molecule has 0 heterocycles. The zero-order chi connectivity index (χ0) is 15.1. The number of ether oxygens (including phenoxy) is 1. The summed E-state index contributed by atoms with van der Waals surface area (Å²) in [5, 5.41) is 2.80. The second kappa shape index (κ2) is 7.16. The quantitative estimate of drug-likeness (QED) is 0.877. The minimum absolute atomic E-state index is 0.0999. The molecule has 2 aromatic rings. The molecule has 1 N–H and O–H groups in total. The van der Waals surface area contributed by atoms with Gasteiger partial charge in [0.1, 0.15) is 5.75 Å². The summed E-state index contributed by atoms with van der Waals surface area (Å²) in [5.74, 6) is 6.63. The zero-order valence-corrected chi connectivity index (χ0v) is 12.1. The van der Waals surface area contributed by atoms with E-state index >= 15 is 0 Å². The fraction of sp³-hybridized carbons (Fsp3) is 0.167. The highest BCUT2D eigenvalue weighted by atomic mass is 16.5. The summed E-state index contributed by atoms with van der Waals surface area (Å²) in [6.07, 6.45) is 0. The van der Waals surface area contributed by atoms with E-state index in [2.05, 4.69) is 17.2 Å². The monoisotopic (exact) mass is 279 g/mol. The van der Waals surface area contributed by atoms with Gasteiger partial charge in [-0.25, -0.2) is 0 Å². The Bertz CT molecular complexity index is 678. The molecule has 0 aromatic heterocycles. The van der Waals surface area contributed by atoms with Crippen molar-refractivity contribution < 1.29 is 9.53 Å². The Morgan fingerprint density at radius 2 is 1.86 bits per heavy atom. The van der Waals surface area contributed by atoms with Crippen molar-refractivity contribution in [2.24, 2.45) is 0 Å². The van der Waals surface area contributed by atoms with Crippen molar-refractivity contribution in [3.05, 3.63) is 65.2 Å². The van der Waals surface area contributed by atoms with Crippen LogP contribution in [-0.4, -0.2) is 19.6 Å². The highest BCUT2D eigenvalue weighted by Crippen LogP contribution is 2.10. The van der Waals surface area contributed by atoms with Crippen LogP contribution in [0.5, 0.6) is 5.75 Å². The molecule has 0 saturated carbocycles. The van der Waals surface area contributed by atoms with E-state index in [1.807, 2.05) is 55.5 Å². The molecule has 3 heteroatoms. The van der Waals surface area contributed by atoms with Crippen molar-refractivity contribution >= 4 is 5.91 Å². The highest BCUT2D eigenvalue weighted by molar-refractivity contribution is 5.95. The van der Waals surface area contributed by atoms with E-state index in [0.29, 0.717) is 12.1 Å². The Morgan fingerprint density at radius 3 is 2.52 bits per heavy atom. The van der Waals surface area contributed by atoms with Crippen LogP contribution in [0.15, 0.2) is 48.5 Å². The maximum Gasteiger partial charge on any atom is 0.252 e. The molecule has 21 heavy (non-hydrogen) atoms. The average molecular weight is 279 g/mol. The fourth-order valence-electron chi connectivity index (χ4n) is 1.87. The van der Waals surface area contributed by atoms with Crippen molar-refractivity contribution in [1.29, 1.82) is 0 Å². The standard InChI is InChI=1S/C18H17NO2/c1-14-6-3-4-8-17(14)18(20)19-13-5-7-15-9-11-16(21-2)12-10-15/h3-4,6,8-12H,13H2,1-2H3,(H,19,20). The van der Waals surface area contributed by atoms with Crippen molar-refractivity contribution in [2.75, 3.05) is 13.7 Å². The molecule has 0 aliphatic carbocycles. The lowest BCUT2D eigenvalue weighted by molar-refractivity contribution is 0.0958. The number of amides is 1. The molecule has 2 rings (SSSR count). The SMILES string of the molecule is COc1ccc(C#CCNC(=O)c2ccccc2C)cc1. The minimum Gasteiger partial charge on any atom is -0.497 e. The van der Waals surface area contributed by atoms with Crippen molar-refractivity contribution in [3.63, 3.8) is 0 Å². The lowest BCUT2D eigenvalue weighted by Gasteiger charge is -2.04. The molecule has 3 nitrogen and oxygen atoms in total. The number of aryl methyl sites for hydroxylation is 1. The molecule has 0 spiro atoms. The van der Waals surface area contributed by atoms with Crippen LogP contribution in [0.25, 0.3) is 0 Å². The van der Waals surface area contributed by atoms with E-state index in [9.17, 15) is 4.79 Å². The number of carbonyl (C=O) groups is 1. The number of nitrogens with one attached hydrogen (secondary N) is 1. The van der Waals surface area contributed by atoms with Gasteiger partial charge >= 0.3 is 0 Å². The normalized spacial score (nSPS) is 9.43. The minimum atomic E-state index is -0.0999. The van der Waals surface area contributed by atoms with Gasteiger partial charge in [-0.05, 0) is 42.8 Å². The van der Waals surface area contributed by atoms with E-state index < -0.39 is 0 Å². The molecule has 106 valence electrons. The number of benzene rings is 2. The Hall–Kier alpha value is -2.73. The largest absolute Gasteiger partial charge is 0.497 e. The highest BCUT2D eigenvalue weighted by Gasteiger charge is 2.05. The summed E-state index contributed by atoms with van der Waals surface area (Å²) in [6.45, 7) is 2.23. The van der Waals surface area contributed by atoms with Crippen LogP contribution in [0, 0.1) is 18.8 Å². The third-order valence-electron chi connectivity index (χ3n) is 3.05. The van der Waals surface area contributed by atoms with Crippen LogP contribution < -0.4 is 10.1 Å². The lowest BCUT2D eigenvalue weighted by atomic mass is 10.1. The summed E-state index contributed by atoms with van der Waals surface area (Å²) in [6, 6.07) is 15.0. The van der Waals surface area contributed by atoms with Gasteiger partial charge < -0.3 is 10.1 Å². The lowest BCUT2D eigenvalue weighted by Crippen LogP contribution is -2.24. The van der Waals surface area contributed by atoms with Gasteiger partial charge in [-0.15, -0.1) is 0 Å². The van der Waals surface area contributed by atoms with Gasteiger partial charge in [0, 0.05) is 11.1 Å². The summed E-state index contributed by atoms with van der Waals surface area (Å²) in [4.78, 5) is 12.0. The smallest absolute Gasteiger partial charge is 0.252 e. The summed E-state index contributed by atoms with van der Waals surface area (Å²) in [7, 11) is 1.63. The fourth-order valence-corrected chi connectivity index (χ4v) is 1.87. The molecular formula is C18H17NO2. The van der Waals surface area contributed by atoms with Crippen molar-refractivity contribution in [1.82, 2.24) is 5.32 Å². The molecule has 0 atom stereocenters. The number of carbonyl (C=O) groups excluding carboxylic acids is 1. The zero-order valence-electron chi connectivity index (χ0n) is 12.1. The summed E-state index contributed by atoms with van der Waals surface area (Å²) < 4.78 is 5.08. The van der Waals surface area contributed by atoms with E-state index in [1.54, 1.807) is 7.11 Å². The number of hydrogen-bond donors (Lipinski definition) is 1. The molecule has 0 saturated heterocycles. The second-order valence-electron chi connectivity index (χ2n) is 4.53. The van der Waals surface area contributed by atoms with Gasteiger partial charge in [0.15, 0.2) is 0 Å². The molecule has 0 aliphatic rings. The van der Waals surface area contributed by atoms with Crippen LogP contribution >= 0.6 is 0 Å². The summed E-state index contributed by atoms with van der Waals surface area (Å²) in [5.41, 5.74) is 2.53. The van der Waals surface area contributed by atoms with Gasteiger partial charge in [-0.2, -0.15) is 0 Å². The number of methoxy groups -OCH3 is 1. The van der Waals surface area contributed by atoms with E-state index in [-0.39, 0.29) is 5.91 Å². The molecule has 2 aromatic carbocycles. The van der Waals surface area contributed by atoms with Gasteiger partial charge in [-0.1, -0.05) is 30.0 Å². The molecule has 1 amide bonds. The second-order valence-corrected chi connectivity index (χ2v) is 4.53. The molecule has 0 bridgehead atoms. The first-order chi connectivity index (χ1) is 10.2.